The first-order valence-electron chi connectivity index (χ1n) is 7.64. The molecular formula is C19H22N2O2. The Bertz CT molecular complexity index is 725. The van der Waals surface area contributed by atoms with E-state index in [2.05, 4.69) is 16.6 Å². The molecule has 0 aromatic heterocycles. The Kier molecular flexibility index (Phi) is 5.52. The van der Waals surface area contributed by atoms with Gasteiger partial charge in [0.05, 0.1) is 18.9 Å². The standard InChI is InChI=1S/C19H22N2O2/c1-5-7-8-13(3)14(4)19-20-12-17(21-19)16-10-9-15(23-6-2)11-18(16)22/h5,7-11,22H,4,6,12H2,1-3H3/b7-5-,13-8-. The number of allylic oxidation sites excluding steroid dienone is 3. The number of amidine groups is 1. The zero-order valence-electron chi connectivity index (χ0n) is 13.8. The van der Waals surface area contributed by atoms with Crippen LogP contribution in [-0.4, -0.2) is 29.8 Å². The Morgan fingerprint density at radius 3 is 2.87 bits per heavy atom. The molecule has 0 bridgehead atoms. The molecular weight excluding hydrogens is 288 g/mol. The van der Waals surface area contributed by atoms with Gasteiger partial charge in [0, 0.05) is 17.2 Å². The van der Waals surface area contributed by atoms with E-state index in [0.29, 0.717) is 30.3 Å². The van der Waals surface area contributed by atoms with Gasteiger partial charge in [0.2, 0.25) is 0 Å². The van der Waals surface area contributed by atoms with Crippen molar-refractivity contribution < 1.29 is 9.84 Å². The highest BCUT2D eigenvalue weighted by atomic mass is 16.5. The molecule has 1 aliphatic heterocycles. The van der Waals surface area contributed by atoms with Crippen molar-refractivity contribution in [3.8, 4) is 11.5 Å². The molecule has 23 heavy (non-hydrogen) atoms. The third-order valence-electron chi connectivity index (χ3n) is 3.50. The van der Waals surface area contributed by atoms with Crippen LogP contribution in [0.4, 0.5) is 0 Å². The molecule has 0 saturated heterocycles. The SMILES string of the molecule is C=C(C1=NCC(c2ccc(OCC)cc2O)=N1)/C(C)=C\C=C/C. The van der Waals surface area contributed by atoms with Gasteiger partial charge in [-0.3, -0.25) is 4.99 Å². The minimum absolute atomic E-state index is 0.151. The number of rotatable bonds is 6. The van der Waals surface area contributed by atoms with Crippen molar-refractivity contribution in [3.05, 3.63) is 59.7 Å². The van der Waals surface area contributed by atoms with Gasteiger partial charge in [-0.05, 0) is 38.5 Å². The molecule has 0 fully saturated rings. The molecule has 4 heteroatoms. The number of aromatic hydroxyl groups is 1. The average molecular weight is 310 g/mol. The van der Waals surface area contributed by atoms with Crippen molar-refractivity contribution >= 4 is 11.5 Å². The third kappa shape index (κ3) is 3.97. The summed E-state index contributed by atoms with van der Waals surface area (Å²) in [4.78, 5) is 8.95. The molecule has 0 saturated carbocycles. The van der Waals surface area contributed by atoms with Crippen molar-refractivity contribution in [2.24, 2.45) is 9.98 Å². The van der Waals surface area contributed by atoms with E-state index < -0.39 is 0 Å². The topological polar surface area (TPSA) is 54.2 Å². The van der Waals surface area contributed by atoms with Gasteiger partial charge in [0.15, 0.2) is 5.84 Å². The number of hydrogen-bond acceptors (Lipinski definition) is 4. The fraction of sp³-hybridized carbons (Fsp3) is 0.263. The molecule has 4 nitrogen and oxygen atoms in total. The molecule has 0 radical (unpaired) electrons. The summed E-state index contributed by atoms with van der Waals surface area (Å²) < 4.78 is 5.38. The largest absolute Gasteiger partial charge is 0.507 e. The maximum Gasteiger partial charge on any atom is 0.154 e. The van der Waals surface area contributed by atoms with Crippen LogP contribution >= 0.6 is 0 Å². The van der Waals surface area contributed by atoms with Crippen LogP contribution in [0.2, 0.25) is 0 Å². The molecule has 0 aliphatic carbocycles. The molecule has 0 unspecified atom stereocenters. The predicted octanol–water partition coefficient (Wildman–Crippen LogP) is 4.07. The smallest absolute Gasteiger partial charge is 0.154 e. The van der Waals surface area contributed by atoms with Crippen molar-refractivity contribution in [2.45, 2.75) is 20.8 Å². The molecule has 0 amide bonds. The van der Waals surface area contributed by atoms with Gasteiger partial charge in [-0.25, -0.2) is 4.99 Å². The Morgan fingerprint density at radius 2 is 2.22 bits per heavy atom. The molecule has 1 aromatic carbocycles. The second-order valence-corrected chi connectivity index (χ2v) is 5.16. The number of benzene rings is 1. The zero-order chi connectivity index (χ0) is 16.8. The third-order valence-corrected chi connectivity index (χ3v) is 3.50. The number of phenols is 1. The van der Waals surface area contributed by atoms with Gasteiger partial charge in [0.25, 0.3) is 0 Å². The second-order valence-electron chi connectivity index (χ2n) is 5.16. The quantitative estimate of drug-likeness (QED) is 0.805. The van der Waals surface area contributed by atoms with Gasteiger partial charge in [-0.1, -0.05) is 24.8 Å². The highest BCUT2D eigenvalue weighted by Gasteiger charge is 2.18. The van der Waals surface area contributed by atoms with E-state index in [1.165, 1.54) is 0 Å². The van der Waals surface area contributed by atoms with Gasteiger partial charge in [0.1, 0.15) is 11.5 Å². The monoisotopic (exact) mass is 310 g/mol. The molecule has 0 atom stereocenters. The fourth-order valence-electron chi connectivity index (χ4n) is 2.19. The number of hydrogen-bond donors (Lipinski definition) is 1. The summed E-state index contributed by atoms with van der Waals surface area (Å²) in [5.41, 5.74) is 3.22. The van der Waals surface area contributed by atoms with Crippen LogP contribution in [0.1, 0.15) is 26.3 Å². The average Bonchev–Trinajstić information content (AvgIpc) is 3.02. The van der Waals surface area contributed by atoms with Crippen LogP contribution in [-0.2, 0) is 0 Å². The van der Waals surface area contributed by atoms with E-state index in [-0.39, 0.29) is 5.75 Å². The molecule has 0 spiro atoms. The van der Waals surface area contributed by atoms with Crippen LogP contribution in [0.25, 0.3) is 0 Å². The summed E-state index contributed by atoms with van der Waals surface area (Å²) in [5, 5.41) is 10.2. The Hall–Kier alpha value is -2.62. The van der Waals surface area contributed by atoms with E-state index in [1.807, 2.05) is 51.1 Å². The van der Waals surface area contributed by atoms with E-state index in [1.54, 1.807) is 6.07 Å². The first-order chi connectivity index (χ1) is 11.1. The lowest BCUT2D eigenvalue weighted by molar-refractivity contribution is 0.337. The molecule has 1 heterocycles. The molecule has 1 aromatic rings. The summed E-state index contributed by atoms with van der Waals surface area (Å²) in [6.45, 7) is 10.9. The summed E-state index contributed by atoms with van der Waals surface area (Å²) >= 11 is 0. The van der Waals surface area contributed by atoms with Crippen LogP contribution in [0.3, 0.4) is 0 Å². The second kappa shape index (κ2) is 7.58. The maximum atomic E-state index is 10.2. The van der Waals surface area contributed by atoms with Gasteiger partial charge in [-0.2, -0.15) is 0 Å². The first-order valence-corrected chi connectivity index (χ1v) is 7.64. The number of phenolic OH excluding ortho intramolecular Hbond substituents is 1. The Morgan fingerprint density at radius 1 is 1.43 bits per heavy atom. The van der Waals surface area contributed by atoms with Gasteiger partial charge < -0.3 is 9.84 Å². The van der Waals surface area contributed by atoms with Crippen LogP contribution in [0.5, 0.6) is 11.5 Å². The number of aliphatic imine (C=N–C) groups is 2. The Labute approximate surface area is 137 Å². The van der Waals surface area contributed by atoms with Crippen LogP contribution in [0, 0.1) is 0 Å². The molecule has 120 valence electrons. The van der Waals surface area contributed by atoms with Crippen LogP contribution < -0.4 is 4.74 Å². The number of ether oxygens (including phenoxy) is 1. The Balaban J connectivity index is 2.20. The van der Waals surface area contributed by atoms with Crippen molar-refractivity contribution in [1.82, 2.24) is 0 Å². The summed E-state index contributed by atoms with van der Waals surface area (Å²) in [5.74, 6) is 1.41. The van der Waals surface area contributed by atoms with Gasteiger partial charge in [-0.15, -0.1) is 0 Å². The zero-order valence-corrected chi connectivity index (χ0v) is 13.8. The van der Waals surface area contributed by atoms with E-state index in [0.717, 1.165) is 16.9 Å². The maximum absolute atomic E-state index is 10.2. The summed E-state index contributed by atoms with van der Waals surface area (Å²) in [7, 11) is 0. The van der Waals surface area contributed by atoms with E-state index in [4.69, 9.17) is 4.74 Å². The normalized spacial score (nSPS) is 14.8. The van der Waals surface area contributed by atoms with E-state index >= 15 is 0 Å². The number of nitrogens with zero attached hydrogens (tertiary/aromatic N) is 2. The molecule has 2 rings (SSSR count). The lowest BCUT2D eigenvalue weighted by Crippen LogP contribution is -2.03. The van der Waals surface area contributed by atoms with Gasteiger partial charge >= 0.3 is 0 Å². The highest BCUT2D eigenvalue weighted by molar-refractivity contribution is 6.18. The first kappa shape index (κ1) is 16.7. The van der Waals surface area contributed by atoms with Crippen molar-refractivity contribution in [1.29, 1.82) is 0 Å². The fourth-order valence-corrected chi connectivity index (χ4v) is 2.19. The minimum Gasteiger partial charge on any atom is -0.507 e. The predicted molar refractivity (Wildman–Crippen MR) is 95.8 cm³/mol. The van der Waals surface area contributed by atoms with E-state index in [9.17, 15) is 5.11 Å². The van der Waals surface area contributed by atoms with Crippen LogP contribution in [0.15, 0.2) is 64.1 Å². The van der Waals surface area contributed by atoms with Crippen molar-refractivity contribution in [2.75, 3.05) is 13.2 Å². The minimum atomic E-state index is 0.151. The van der Waals surface area contributed by atoms with Crippen molar-refractivity contribution in [3.63, 3.8) is 0 Å². The molecule has 1 aliphatic rings. The lowest BCUT2D eigenvalue weighted by Gasteiger charge is -2.07. The highest BCUT2D eigenvalue weighted by Crippen LogP contribution is 2.26. The summed E-state index contributed by atoms with van der Waals surface area (Å²) in [6, 6.07) is 5.24. The molecule has 1 N–H and O–H groups in total. The lowest BCUT2D eigenvalue weighted by atomic mass is 10.1. The summed E-state index contributed by atoms with van der Waals surface area (Å²) in [6.07, 6.45) is 5.89.